The highest BCUT2D eigenvalue weighted by molar-refractivity contribution is 5.81. The zero-order valence-corrected chi connectivity index (χ0v) is 11.1. The third-order valence-electron chi connectivity index (χ3n) is 2.74. The van der Waals surface area contributed by atoms with Crippen molar-refractivity contribution in [3.05, 3.63) is 35.4 Å². The van der Waals surface area contributed by atoms with E-state index in [9.17, 15) is 4.79 Å². The fraction of sp³-hybridized carbons (Fsp3) is 0.500. The minimum Gasteiger partial charge on any atom is -0.349 e. The van der Waals surface area contributed by atoms with Gasteiger partial charge in [-0.25, -0.2) is 0 Å². The van der Waals surface area contributed by atoms with Crippen molar-refractivity contribution in [3.63, 3.8) is 0 Å². The van der Waals surface area contributed by atoms with Crippen molar-refractivity contribution in [2.24, 2.45) is 11.1 Å². The highest BCUT2D eigenvalue weighted by atomic mass is 16.2. The van der Waals surface area contributed by atoms with E-state index in [1.165, 1.54) is 0 Å². The summed E-state index contributed by atoms with van der Waals surface area (Å²) in [5.74, 6) is 0.0629. The van der Waals surface area contributed by atoms with E-state index in [1.807, 2.05) is 52.0 Å². The van der Waals surface area contributed by atoms with Crippen LogP contribution in [0.25, 0.3) is 0 Å². The van der Waals surface area contributed by atoms with Crippen LogP contribution in [0.1, 0.15) is 44.9 Å². The first-order chi connectivity index (χ1) is 7.84. The lowest BCUT2D eigenvalue weighted by molar-refractivity contribution is -0.129. The maximum atomic E-state index is 11.8. The second-order valence-electron chi connectivity index (χ2n) is 5.39. The molecule has 0 aliphatic rings. The quantitative estimate of drug-likeness (QED) is 0.843. The smallest absolute Gasteiger partial charge is 0.225 e. The van der Waals surface area contributed by atoms with Gasteiger partial charge in [-0.3, -0.25) is 4.79 Å². The third-order valence-corrected chi connectivity index (χ3v) is 2.74. The molecule has 0 fully saturated rings. The van der Waals surface area contributed by atoms with Gasteiger partial charge in [0.1, 0.15) is 0 Å². The second kappa shape index (κ2) is 5.32. The Kier molecular flexibility index (Phi) is 4.29. The monoisotopic (exact) mass is 234 g/mol. The van der Waals surface area contributed by atoms with Crippen LogP contribution in [0.2, 0.25) is 0 Å². The highest BCUT2D eigenvalue weighted by Gasteiger charge is 2.22. The van der Waals surface area contributed by atoms with Gasteiger partial charge in [0.25, 0.3) is 0 Å². The summed E-state index contributed by atoms with van der Waals surface area (Å²) >= 11 is 0. The summed E-state index contributed by atoms with van der Waals surface area (Å²) in [7, 11) is 0. The first-order valence-electron chi connectivity index (χ1n) is 5.94. The summed E-state index contributed by atoms with van der Waals surface area (Å²) < 4.78 is 0. The van der Waals surface area contributed by atoms with Crippen molar-refractivity contribution in [1.29, 1.82) is 0 Å². The molecular weight excluding hydrogens is 212 g/mol. The van der Waals surface area contributed by atoms with Gasteiger partial charge in [0.15, 0.2) is 0 Å². The van der Waals surface area contributed by atoms with Gasteiger partial charge in [-0.15, -0.1) is 0 Å². The van der Waals surface area contributed by atoms with E-state index in [0.29, 0.717) is 6.54 Å². The number of benzene rings is 1. The van der Waals surface area contributed by atoms with Crippen LogP contribution in [0.3, 0.4) is 0 Å². The van der Waals surface area contributed by atoms with Crippen molar-refractivity contribution in [3.8, 4) is 0 Å². The predicted octanol–water partition coefficient (Wildman–Crippen LogP) is 2.37. The van der Waals surface area contributed by atoms with E-state index in [2.05, 4.69) is 5.32 Å². The topological polar surface area (TPSA) is 55.1 Å². The van der Waals surface area contributed by atoms with Gasteiger partial charge in [0, 0.05) is 12.0 Å². The zero-order valence-electron chi connectivity index (χ0n) is 11.1. The third kappa shape index (κ3) is 3.86. The molecule has 1 amide bonds. The summed E-state index contributed by atoms with van der Waals surface area (Å²) in [6.45, 7) is 8.26. The van der Waals surface area contributed by atoms with E-state index >= 15 is 0 Å². The highest BCUT2D eigenvalue weighted by Crippen LogP contribution is 2.18. The standard InChI is InChI=1S/C14H22N2O/c1-10(16-13(17)14(2,3)4)12-7-5-11(9-15)6-8-12/h5-8,10H,9,15H2,1-4H3,(H,16,17). The van der Waals surface area contributed by atoms with Crippen LogP contribution >= 0.6 is 0 Å². The Bertz CT molecular complexity index is 376. The molecule has 1 aromatic carbocycles. The maximum absolute atomic E-state index is 11.8. The van der Waals surface area contributed by atoms with E-state index in [1.54, 1.807) is 0 Å². The van der Waals surface area contributed by atoms with Crippen LogP contribution in [0, 0.1) is 5.41 Å². The Morgan fingerprint density at radius 1 is 1.29 bits per heavy atom. The molecule has 1 rings (SSSR count). The van der Waals surface area contributed by atoms with Gasteiger partial charge < -0.3 is 11.1 Å². The zero-order chi connectivity index (χ0) is 13.1. The maximum Gasteiger partial charge on any atom is 0.225 e. The average Bonchev–Trinajstić information content (AvgIpc) is 2.27. The normalized spacial score (nSPS) is 13.2. The largest absolute Gasteiger partial charge is 0.349 e. The van der Waals surface area contributed by atoms with Gasteiger partial charge in [0.2, 0.25) is 5.91 Å². The molecule has 1 aromatic rings. The van der Waals surface area contributed by atoms with Crippen LogP contribution in [0.4, 0.5) is 0 Å². The first kappa shape index (κ1) is 13.7. The number of carbonyl (C=O) groups excluding carboxylic acids is 1. The molecule has 3 heteroatoms. The van der Waals surface area contributed by atoms with Crippen LogP contribution in [-0.2, 0) is 11.3 Å². The van der Waals surface area contributed by atoms with Crippen molar-refractivity contribution in [1.82, 2.24) is 5.32 Å². The number of nitrogens with two attached hydrogens (primary N) is 1. The number of rotatable bonds is 3. The molecule has 0 aromatic heterocycles. The Hall–Kier alpha value is -1.35. The molecule has 0 saturated carbocycles. The van der Waals surface area contributed by atoms with E-state index in [0.717, 1.165) is 11.1 Å². The Morgan fingerprint density at radius 2 is 1.82 bits per heavy atom. The second-order valence-corrected chi connectivity index (χ2v) is 5.39. The number of carbonyl (C=O) groups is 1. The lowest BCUT2D eigenvalue weighted by Crippen LogP contribution is -2.36. The first-order valence-corrected chi connectivity index (χ1v) is 5.94. The minimum atomic E-state index is -0.356. The summed E-state index contributed by atoms with van der Waals surface area (Å²) in [5, 5.41) is 3.00. The van der Waals surface area contributed by atoms with Crippen LogP contribution in [0.15, 0.2) is 24.3 Å². The molecule has 3 N–H and O–H groups in total. The van der Waals surface area contributed by atoms with Crippen molar-refractivity contribution in [2.45, 2.75) is 40.3 Å². The van der Waals surface area contributed by atoms with Crippen LogP contribution in [0.5, 0.6) is 0 Å². The SMILES string of the molecule is CC(NC(=O)C(C)(C)C)c1ccc(CN)cc1. The number of amides is 1. The van der Waals surface area contributed by atoms with Gasteiger partial charge in [-0.2, -0.15) is 0 Å². The van der Waals surface area contributed by atoms with Gasteiger partial charge >= 0.3 is 0 Å². The minimum absolute atomic E-state index is 0.0218. The molecule has 0 radical (unpaired) electrons. The summed E-state index contributed by atoms with van der Waals surface area (Å²) in [6.07, 6.45) is 0. The van der Waals surface area contributed by atoms with Crippen LogP contribution < -0.4 is 11.1 Å². The molecule has 3 nitrogen and oxygen atoms in total. The lowest BCUT2D eigenvalue weighted by Gasteiger charge is -2.22. The molecule has 1 unspecified atom stereocenters. The van der Waals surface area contributed by atoms with Crippen LogP contribution in [-0.4, -0.2) is 5.91 Å². The Morgan fingerprint density at radius 3 is 2.24 bits per heavy atom. The van der Waals surface area contributed by atoms with E-state index in [4.69, 9.17) is 5.73 Å². The van der Waals surface area contributed by atoms with Gasteiger partial charge in [-0.1, -0.05) is 45.0 Å². The number of hydrogen-bond acceptors (Lipinski definition) is 2. The average molecular weight is 234 g/mol. The van der Waals surface area contributed by atoms with Crippen molar-refractivity contribution in [2.75, 3.05) is 0 Å². The molecule has 0 aliphatic heterocycles. The van der Waals surface area contributed by atoms with E-state index < -0.39 is 0 Å². The lowest BCUT2D eigenvalue weighted by atomic mass is 9.94. The summed E-state index contributed by atoms with van der Waals surface area (Å²) in [4.78, 5) is 11.8. The predicted molar refractivity (Wildman–Crippen MR) is 70.3 cm³/mol. The molecule has 0 bridgehead atoms. The fourth-order valence-electron chi connectivity index (χ4n) is 1.44. The Balaban J connectivity index is 2.70. The fourth-order valence-corrected chi connectivity index (χ4v) is 1.44. The van der Waals surface area contributed by atoms with Crippen molar-refractivity contribution < 1.29 is 4.79 Å². The Labute approximate surface area is 103 Å². The van der Waals surface area contributed by atoms with Crippen molar-refractivity contribution >= 4 is 5.91 Å². The molecule has 0 aliphatic carbocycles. The van der Waals surface area contributed by atoms with E-state index in [-0.39, 0.29) is 17.4 Å². The molecule has 0 spiro atoms. The molecule has 94 valence electrons. The molecule has 0 heterocycles. The van der Waals surface area contributed by atoms with Gasteiger partial charge in [0.05, 0.1) is 6.04 Å². The number of hydrogen-bond donors (Lipinski definition) is 2. The summed E-state index contributed by atoms with van der Waals surface area (Å²) in [6, 6.07) is 8.03. The molecular formula is C14H22N2O. The summed E-state index contributed by atoms with van der Waals surface area (Å²) in [5.41, 5.74) is 7.39. The number of nitrogens with one attached hydrogen (secondary N) is 1. The molecule has 1 atom stereocenters. The molecule has 0 saturated heterocycles. The van der Waals surface area contributed by atoms with Gasteiger partial charge in [-0.05, 0) is 18.1 Å². The molecule has 17 heavy (non-hydrogen) atoms.